The van der Waals surface area contributed by atoms with Gasteiger partial charge in [0.1, 0.15) is 5.82 Å². The van der Waals surface area contributed by atoms with Crippen LogP contribution in [0.3, 0.4) is 0 Å². The van der Waals surface area contributed by atoms with Crippen LogP contribution in [0.2, 0.25) is 0 Å². The predicted octanol–water partition coefficient (Wildman–Crippen LogP) is 2.92. The van der Waals surface area contributed by atoms with Crippen LogP contribution in [0.5, 0.6) is 0 Å². The van der Waals surface area contributed by atoms with Gasteiger partial charge in [-0.1, -0.05) is 6.07 Å². The van der Waals surface area contributed by atoms with Crippen molar-refractivity contribution in [2.24, 2.45) is 7.05 Å². The Kier molecular flexibility index (Phi) is 4.74. The lowest BCUT2D eigenvalue weighted by molar-refractivity contribution is 0.0954. The van der Waals surface area contributed by atoms with Crippen LogP contribution in [-0.4, -0.2) is 36.1 Å². The van der Waals surface area contributed by atoms with Gasteiger partial charge < -0.3 is 14.8 Å². The Balaban J connectivity index is 1.59. The minimum atomic E-state index is -0.0416. The molecule has 25 heavy (non-hydrogen) atoms. The summed E-state index contributed by atoms with van der Waals surface area (Å²) in [4.78, 5) is 18.8. The highest BCUT2D eigenvalue weighted by atomic mass is 16.1. The molecule has 0 radical (unpaired) electrons. The van der Waals surface area contributed by atoms with Crippen molar-refractivity contribution in [3.63, 3.8) is 0 Å². The van der Waals surface area contributed by atoms with Crippen LogP contribution < -0.4 is 10.2 Å². The summed E-state index contributed by atoms with van der Waals surface area (Å²) in [6.45, 7) is 2.60. The number of fused-ring (bicyclic) bond motifs is 1. The SMILES string of the molecule is Cc1nc2cc(CCNC(=O)c3ccc(N(C)C)cc3)ccc2n1C. The van der Waals surface area contributed by atoms with E-state index in [1.165, 1.54) is 5.56 Å². The first-order valence-corrected chi connectivity index (χ1v) is 8.43. The first-order valence-electron chi connectivity index (χ1n) is 8.43. The molecule has 1 heterocycles. The van der Waals surface area contributed by atoms with Crippen molar-refractivity contribution in [3.05, 3.63) is 59.4 Å². The molecular formula is C20H24N4O. The molecule has 3 rings (SSSR count). The Morgan fingerprint density at radius 3 is 2.56 bits per heavy atom. The number of carbonyl (C=O) groups is 1. The molecule has 0 aliphatic carbocycles. The van der Waals surface area contributed by atoms with E-state index in [4.69, 9.17) is 0 Å². The molecule has 0 saturated heterocycles. The first kappa shape index (κ1) is 17.0. The van der Waals surface area contributed by atoms with E-state index < -0.39 is 0 Å². The van der Waals surface area contributed by atoms with Gasteiger partial charge in [0.05, 0.1) is 11.0 Å². The van der Waals surface area contributed by atoms with Gasteiger partial charge in [0.15, 0.2) is 0 Å². The fourth-order valence-corrected chi connectivity index (χ4v) is 2.85. The van der Waals surface area contributed by atoms with Gasteiger partial charge >= 0.3 is 0 Å². The third-order valence-corrected chi connectivity index (χ3v) is 4.51. The summed E-state index contributed by atoms with van der Waals surface area (Å²) >= 11 is 0. The fraction of sp³-hybridized carbons (Fsp3) is 0.300. The molecule has 0 atom stereocenters. The molecule has 0 unspecified atom stereocenters. The molecular weight excluding hydrogens is 312 g/mol. The highest BCUT2D eigenvalue weighted by Gasteiger charge is 2.07. The number of aryl methyl sites for hydroxylation is 2. The minimum absolute atomic E-state index is 0.0416. The van der Waals surface area contributed by atoms with E-state index in [-0.39, 0.29) is 5.91 Å². The summed E-state index contributed by atoms with van der Waals surface area (Å²) in [6, 6.07) is 13.9. The van der Waals surface area contributed by atoms with Crippen LogP contribution in [-0.2, 0) is 13.5 Å². The molecule has 0 bridgehead atoms. The number of nitrogens with zero attached hydrogens (tertiary/aromatic N) is 3. The van der Waals surface area contributed by atoms with Crippen molar-refractivity contribution in [2.45, 2.75) is 13.3 Å². The summed E-state index contributed by atoms with van der Waals surface area (Å²) in [5.41, 5.74) is 5.07. The second-order valence-electron chi connectivity index (χ2n) is 6.49. The van der Waals surface area contributed by atoms with Crippen LogP contribution in [0.25, 0.3) is 11.0 Å². The highest BCUT2D eigenvalue weighted by molar-refractivity contribution is 5.94. The number of amides is 1. The van der Waals surface area contributed by atoms with Gasteiger partial charge in [0.25, 0.3) is 5.91 Å². The number of nitrogens with one attached hydrogen (secondary N) is 1. The molecule has 1 N–H and O–H groups in total. The van der Waals surface area contributed by atoms with E-state index in [0.717, 1.165) is 29.0 Å². The quantitative estimate of drug-likeness (QED) is 0.779. The molecule has 2 aromatic carbocycles. The van der Waals surface area contributed by atoms with E-state index >= 15 is 0 Å². The molecule has 5 nitrogen and oxygen atoms in total. The van der Waals surface area contributed by atoms with Gasteiger partial charge in [-0.15, -0.1) is 0 Å². The van der Waals surface area contributed by atoms with Crippen molar-refractivity contribution < 1.29 is 4.79 Å². The van der Waals surface area contributed by atoms with Crippen molar-refractivity contribution in [1.82, 2.24) is 14.9 Å². The monoisotopic (exact) mass is 336 g/mol. The average molecular weight is 336 g/mol. The number of carbonyl (C=O) groups excluding carboxylic acids is 1. The number of hydrogen-bond acceptors (Lipinski definition) is 3. The molecule has 0 saturated carbocycles. The number of aromatic nitrogens is 2. The second kappa shape index (κ2) is 6.97. The number of anilines is 1. The van der Waals surface area contributed by atoms with E-state index in [0.29, 0.717) is 12.1 Å². The van der Waals surface area contributed by atoms with E-state index in [9.17, 15) is 4.79 Å². The Morgan fingerprint density at radius 2 is 1.88 bits per heavy atom. The van der Waals surface area contributed by atoms with Crippen molar-refractivity contribution >= 4 is 22.6 Å². The zero-order chi connectivity index (χ0) is 18.0. The lowest BCUT2D eigenvalue weighted by atomic mass is 10.1. The molecule has 1 aromatic heterocycles. The molecule has 1 amide bonds. The Morgan fingerprint density at radius 1 is 1.16 bits per heavy atom. The standard InChI is InChI=1S/C20H24N4O/c1-14-22-18-13-15(5-10-19(18)24(14)4)11-12-21-20(25)16-6-8-17(9-7-16)23(2)3/h5-10,13H,11-12H2,1-4H3,(H,21,25). The third-order valence-electron chi connectivity index (χ3n) is 4.51. The van der Waals surface area contributed by atoms with Gasteiger partial charge in [-0.25, -0.2) is 4.98 Å². The van der Waals surface area contributed by atoms with Gasteiger partial charge in [-0.05, 0) is 55.3 Å². The van der Waals surface area contributed by atoms with Crippen molar-refractivity contribution in [3.8, 4) is 0 Å². The molecule has 3 aromatic rings. The van der Waals surface area contributed by atoms with Crippen LogP contribution in [0.1, 0.15) is 21.7 Å². The fourth-order valence-electron chi connectivity index (χ4n) is 2.85. The largest absolute Gasteiger partial charge is 0.378 e. The smallest absolute Gasteiger partial charge is 0.251 e. The molecule has 0 aliphatic rings. The third kappa shape index (κ3) is 3.65. The maximum absolute atomic E-state index is 12.2. The Bertz CT molecular complexity index is 894. The number of imidazole rings is 1. The normalized spacial score (nSPS) is 10.9. The highest BCUT2D eigenvalue weighted by Crippen LogP contribution is 2.16. The minimum Gasteiger partial charge on any atom is -0.378 e. The Labute approximate surface area is 148 Å². The summed E-state index contributed by atoms with van der Waals surface area (Å²) in [6.07, 6.45) is 0.785. The second-order valence-corrected chi connectivity index (χ2v) is 6.49. The molecule has 0 aliphatic heterocycles. The van der Waals surface area contributed by atoms with Gasteiger partial charge in [0.2, 0.25) is 0 Å². The molecule has 0 fully saturated rings. The zero-order valence-electron chi connectivity index (χ0n) is 15.2. The maximum atomic E-state index is 12.2. The van der Waals surface area contributed by atoms with Gasteiger partial charge in [-0.3, -0.25) is 4.79 Å². The van der Waals surface area contributed by atoms with E-state index in [2.05, 4.69) is 33.1 Å². The topological polar surface area (TPSA) is 50.2 Å². The summed E-state index contributed by atoms with van der Waals surface area (Å²) < 4.78 is 2.08. The van der Waals surface area contributed by atoms with Crippen LogP contribution in [0, 0.1) is 6.92 Å². The number of benzene rings is 2. The molecule has 130 valence electrons. The van der Waals surface area contributed by atoms with Crippen molar-refractivity contribution in [1.29, 1.82) is 0 Å². The van der Waals surface area contributed by atoms with Crippen LogP contribution in [0.4, 0.5) is 5.69 Å². The lowest BCUT2D eigenvalue weighted by Crippen LogP contribution is -2.25. The van der Waals surface area contributed by atoms with Crippen LogP contribution >= 0.6 is 0 Å². The summed E-state index contributed by atoms with van der Waals surface area (Å²) in [7, 11) is 5.98. The number of rotatable bonds is 5. The lowest BCUT2D eigenvalue weighted by Gasteiger charge is -2.12. The van der Waals surface area contributed by atoms with Crippen LogP contribution in [0.15, 0.2) is 42.5 Å². The van der Waals surface area contributed by atoms with E-state index in [1.54, 1.807) is 0 Å². The zero-order valence-corrected chi connectivity index (χ0v) is 15.2. The van der Waals surface area contributed by atoms with Gasteiger partial charge in [-0.2, -0.15) is 0 Å². The van der Waals surface area contributed by atoms with Crippen molar-refractivity contribution in [2.75, 3.05) is 25.5 Å². The van der Waals surface area contributed by atoms with E-state index in [1.807, 2.05) is 57.2 Å². The maximum Gasteiger partial charge on any atom is 0.251 e. The molecule has 0 spiro atoms. The average Bonchev–Trinajstić information content (AvgIpc) is 2.88. The summed E-state index contributed by atoms with van der Waals surface area (Å²) in [5, 5.41) is 2.98. The van der Waals surface area contributed by atoms with Gasteiger partial charge in [0, 0.05) is 38.9 Å². The predicted molar refractivity (Wildman–Crippen MR) is 102 cm³/mol. The summed E-state index contributed by atoms with van der Waals surface area (Å²) in [5.74, 6) is 0.960. The first-order chi connectivity index (χ1) is 12.0. The number of hydrogen-bond donors (Lipinski definition) is 1. The Hall–Kier alpha value is -2.82. The molecule has 5 heteroatoms.